The number of nitrogens with one attached hydrogen (secondary N) is 1. The zero-order valence-electron chi connectivity index (χ0n) is 16.4. The minimum atomic E-state index is -0.291. The van der Waals surface area contributed by atoms with Gasteiger partial charge in [0.1, 0.15) is 12.4 Å². The summed E-state index contributed by atoms with van der Waals surface area (Å²) in [5, 5.41) is 4.34. The number of benzene rings is 2. The molecular formula is C22H23FN2O4. The van der Waals surface area contributed by atoms with Gasteiger partial charge in [0.05, 0.1) is 12.1 Å². The quantitative estimate of drug-likeness (QED) is 0.623. The molecule has 0 saturated carbocycles. The molecule has 4 rings (SSSR count). The fourth-order valence-electron chi connectivity index (χ4n) is 3.21. The van der Waals surface area contributed by atoms with E-state index in [4.69, 9.17) is 23.9 Å². The number of fused-ring (bicyclic) bond motifs is 2. The van der Waals surface area contributed by atoms with Crippen molar-refractivity contribution in [1.29, 1.82) is 0 Å². The van der Waals surface area contributed by atoms with Gasteiger partial charge in [0.15, 0.2) is 11.5 Å². The molecule has 1 aliphatic rings. The molecule has 2 heterocycles. The molecule has 0 spiro atoms. The Labute approximate surface area is 168 Å². The summed E-state index contributed by atoms with van der Waals surface area (Å²) in [7, 11) is 1.67. The maximum absolute atomic E-state index is 13.5. The first-order chi connectivity index (χ1) is 14.1. The van der Waals surface area contributed by atoms with Crippen molar-refractivity contribution in [3.8, 4) is 17.4 Å². The largest absolute Gasteiger partial charge is 0.473 e. The van der Waals surface area contributed by atoms with Gasteiger partial charge in [-0.25, -0.2) is 9.37 Å². The summed E-state index contributed by atoms with van der Waals surface area (Å²) >= 11 is 0. The van der Waals surface area contributed by atoms with E-state index in [1.807, 2.05) is 31.2 Å². The van der Waals surface area contributed by atoms with Crippen LogP contribution in [0.4, 0.5) is 4.39 Å². The average Bonchev–Trinajstić information content (AvgIpc) is 3.16. The van der Waals surface area contributed by atoms with Crippen LogP contribution in [0.2, 0.25) is 0 Å². The van der Waals surface area contributed by atoms with Crippen molar-refractivity contribution in [2.75, 3.05) is 20.5 Å². The molecule has 0 amide bonds. The van der Waals surface area contributed by atoms with Crippen LogP contribution in [-0.4, -0.2) is 31.5 Å². The lowest BCUT2D eigenvalue weighted by molar-refractivity contribution is 0.171. The minimum absolute atomic E-state index is 0.170. The number of nitrogens with zero attached hydrogens (tertiary/aromatic N) is 1. The van der Waals surface area contributed by atoms with Gasteiger partial charge in [0.2, 0.25) is 12.7 Å². The molecule has 7 heteroatoms. The van der Waals surface area contributed by atoms with Gasteiger partial charge in [-0.15, -0.1) is 0 Å². The van der Waals surface area contributed by atoms with E-state index >= 15 is 0 Å². The van der Waals surface area contributed by atoms with Crippen molar-refractivity contribution < 1.29 is 23.3 Å². The van der Waals surface area contributed by atoms with Crippen LogP contribution in [0, 0.1) is 5.82 Å². The molecule has 0 radical (unpaired) electrons. The van der Waals surface area contributed by atoms with Gasteiger partial charge in [0, 0.05) is 36.7 Å². The van der Waals surface area contributed by atoms with Crippen LogP contribution in [0.3, 0.4) is 0 Å². The van der Waals surface area contributed by atoms with Gasteiger partial charge in [-0.2, -0.15) is 0 Å². The normalized spacial score (nSPS) is 13.6. The summed E-state index contributed by atoms with van der Waals surface area (Å²) in [6.45, 7) is 3.63. The van der Waals surface area contributed by atoms with Crippen LogP contribution < -0.4 is 19.5 Å². The Kier molecular flexibility index (Phi) is 5.78. The van der Waals surface area contributed by atoms with E-state index < -0.39 is 0 Å². The summed E-state index contributed by atoms with van der Waals surface area (Å²) in [4.78, 5) is 4.69. The molecule has 1 atom stereocenters. The van der Waals surface area contributed by atoms with Crippen molar-refractivity contribution in [3.05, 3.63) is 59.4 Å². The first-order valence-corrected chi connectivity index (χ1v) is 9.45. The van der Waals surface area contributed by atoms with E-state index in [1.165, 1.54) is 12.1 Å². The fourth-order valence-corrected chi connectivity index (χ4v) is 3.21. The molecule has 1 N–H and O–H groups in total. The highest BCUT2D eigenvalue weighted by molar-refractivity contribution is 5.84. The van der Waals surface area contributed by atoms with Gasteiger partial charge in [-0.1, -0.05) is 12.1 Å². The maximum Gasteiger partial charge on any atom is 0.231 e. The number of hydrogen-bond donors (Lipinski definition) is 1. The van der Waals surface area contributed by atoms with Crippen LogP contribution in [0.15, 0.2) is 42.5 Å². The molecule has 2 aromatic carbocycles. The van der Waals surface area contributed by atoms with Crippen molar-refractivity contribution in [3.63, 3.8) is 0 Å². The molecule has 0 saturated heterocycles. The van der Waals surface area contributed by atoms with Gasteiger partial charge in [0.25, 0.3) is 0 Å². The van der Waals surface area contributed by atoms with Crippen LogP contribution in [-0.2, 0) is 17.9 Å². The first-order valence-electron chi connectivity index (χ1n) is 9.45. The number of aromatic nitrogens is 1. The third-order valence-electron chi connectivity index (χ3n) is 4.67. The van der Waals surface area contributed by atoms with E-state index in [2.05, 4.69) is 5.32 Å². The Hall–Kier alpha value is -2.90. The number of halogens is 1. The highest BCUT2D eigenvalue weighted by Crippen LogP contribution is 2.37. The number of hydrogen-bond acceptors (Lipinski definition) is 6. The smallest absolute Gasteiger partial charge is 0.231 e. The molecule has 29 heavy (non-hydrogen) atoms. The molecule has 6 nitrogen and oxygen atoms in total. The third-order valence-corrected chi connectivity index (χ3v) is 4.67. The molecule has 1 unspecified atom stereocenters. The van der Waals surface area contributed by atoms with Crippen LogP contribution in [0.1, 0.15) is 18.1 Å². The Balaban J connectivity index is 1.62. The molecule has 1 aromatic heterocycles. The third kappa shape index (κ3) is 4.58. The Morgan fingerprint density at radius 1 is 1.17 bits per heavy atom. The molecule has 0 fully saturated rings. The average molecular weight is 398 g/mol. The molecule has 152 valence electrons. The number of ether oxygens (including phenoxy) is 4. The summed E-state index contributed by atoms with van der Waals surface area (Å²) in [6, 6.07) is 12.3. The topological polar surface area (TPSA) is 61.8 Å². The Bertz CT molecular complexity index is 1010. The zero-order valence-corrected chi connectivity index (χ0v) is 16.4. The highest BCUT2D eigenvalue weighted by atomic mass is 19.1. The first kappa shape index (κ1) is 19.4. The Morgan fingerprint density at radius 3 is 2.79 bits per heavy atom. The lowest BCUT2D eigenvalue weighted by Gasteiger charge is -2.16. The summed E-state index contributed by atoms with van der Waals surface area (Å²) < 4.78 is 35.6. The van der Waals surface area contributed by atoms with Crippen LogP contribution >= 0.6 is 0 Å². The van der Waals surface area contributed by atoms with E-state index in [1.54, 1.807) is 13.2 Å². The summed E-state index contributed by atoms with van der Waals surface area (Å²) in [5.41, 5.74) is 2.39. The van der Waals surface area contributed by atoms with E-state index in [-0.39, 0.29) is 25.3 Å². The number of methoxy groups -OCH3 is 1. The molecule has 0 bridgehead atoms. The Morgan fingerprint density at radius 2 is 2.00 bits per heavy atom. The minimum Gasteiger partial charge on any atom is -0.473 e. The van der Waals surface area contributed by atoms with E-state index in [0.29, 0.717) is 30.5 Å². The van der Waals surface area contributed by atoms with Gasteiger partial charge in [-0.05, 0) is 36.8 Å². The highest BCUT2D eigenvalue weighted by Gasteiger charge is 2.17. The van der Waals surface area contributed by atoms with Gasteiger partial charge >= 0.3 is 0 Å². The molecule has 3 aromatic rings. The maximum atomic E-state index is 13.5. The molecular weight excluding hydrogens is 375 g/mol. The monoisotopic (exact) mass is 398 g/mol. The van der Waals surface area contributed by atoms with E-state index in [0.717, 1.165) is 22.0 Å². The van der Waals surface area contributed by atoms with Crippen molar-refractivity contribution in [2.45, 2.75) is 26.1 Å². The second-order valence-electron chi connectivity index (χ2n) is 7.01. The molecule has 1 aliphatic heterocycles. The van der Waals surface area contributed by atoms with Crippen LogP contribution in [0.5, 0.6) is 17.4 Å². The van der Waals surface area contributed by atoms with Crippen molar-refractivity contribution in [1.82, 2.24) is 10.3 Å². The standard InChI is InChI=1S/C22H23FN2O4/c1-14(11-26-2)24-10-17-7-16-8-20-21(29-13-28-20)9-19(16)25-22(17)27-12-15-4-3-5-18(23)6-15/h3-9,14,24H,10-13H2,1-2H3. The second kappa shape index (κ2) is 8.63. The SMILES string of the molecule is COCC(C)NCc1cc2cc3c(cc2nc1OCc1cccc(F)c1)OCO3. The predicted octanol–water partition coefficient (Wildman–Crippen LogP) is 3.81. The summed E-state index contributed by atoms with van der Waals surface area (Å²) in [5.74, 6) is 1.58. The fraction of sp³-hybridized carbons (Fsp3) is 0.318. The number of pyridine rings is 1. The van der Waals surface area contributed by atoms with Gasteiger partial charge < -0.3 is 24.3 Å². The summed E-state index contributed by atoms with van der Waals surface area (Å²) in [6.07, 6.45) is 0. The lowest BCUT2D eigenvalue weighted by Crippen LogP contribution is -2.29. The van der Waals surface area contributed by atoms with Gasteiger partial charge in [-0.3, -0.25) is 0 Å². The predicted molar refractivity (Wildman–Crippen MR) is 107 cm³/mol. The van der Waals surface area contributed by atoms with Crippen molar-refractivity contribution in [2.24, 2.45) is 0 Å². The van der Waals surface area contributed by atoms with Crippen molar-refractivity contribution >= 4 is 10.9 Å². The number of rotatable bonds is 8. The lowest BCUT2D eigenvalue weighted by atomic mass is 10.1. The van der Waals surface area contributed by atoms with Crippen LogP contribution in [0.25, 0.3) is 10.9 Å². The molecule has 0 aliphatic carbocycles. The zero-order chi connectivity index (χ0) is 20.2. The van der Waals surface area contributed by atoms with E-state index in [9.17, 15) is 4.39 Å². The second-order valence-corrected chi connectivity index (χ2v) is 7.01.